The Morgan fingerprint density at radius 3 is 2.32 bits per heavy atom. The molecule has 1 aromatic heterocycles. The average molecular weight is 301 g/mol. The molecule has 0 atom stereocenters. The van der Waals surface area contributed by atoms with E-state index in [0.717, 1.165) is 5.39 Å². The fourth-order valence-electron chi connectivity index (χ4n) is 3.03. The van der Waals surface area contributed by atoms with Gasteiger partial charge in [-0.3, -0.25) is 9.36 Å². The van der Waals surface area contributed by atoms with E-state index >= 15 is 0 Å². The number of fused-ring (bicyclic) bond motifs is 1. The van der Waals surface area contributed by atoms with Gasteiger partial charge < -0.3 is 5.11 Å². The molecular formula is C18H23NO3. The first-order valence-corrected chi connectivity index (χ1v) is 7.77. The Kier molecular flexibility index (Phi) is 4.40. The summed E-state index contributed by atoms with van der Waals surface area (Å²) in [6.45, 7) is 7.84. The van der Waals surface area contributed by atoms with Gasteiger partial charge in [-0.1, -0.05) is 33.8 Å². The van der Waals surface area contributed by atoms with Crippen molar-refractivity contribution in [1.29, 1.82) is 0 Å². The van der Waals surface area contributed by atoms with E-state index in [-0.39, 0.29) is 5.56 Å². The fraction of sp³-hybridized carbons (Fsp3) is 0.444. The molecule has 1 N–H and O–H groups in total. The van der Waals surface area contributed by atoms with Crippen LogP contribution >= 0.6 is 0 Å². The predicted molar refractivity (Wildman–Crippen MR) is 88.5 cm³/mol. The van der Waals surface area contributed by atoms with Crippen molar-refractivity contribution in [2.24, 2.45) is 0 Å². The molecule has 1 aromatic carbocycles. The van der Waals surface area contributed by atoms with Crippen molar-refractivity contribution < 1.29 is 9.90 Å². The lowest BCUT2D eigenvalue weighted by atomic mass is 9.91. The SMILES string of the molecule is CCC(CC)(C(=O)O)n1c(=O)ccc2cc(C(C)C)ccc21. The molecule has 22 heavy (non-hydrogen) atoms. The lowest BCUT2D eigenvalue weighted by Crippen LogP contribution is -2.46. The van der Waals surface area contributed by atoms with E-state index in [4.69, 9.17) is 0 Å². The van der Waals surface area contributed by atoms with Crippen molar-refractivity contribution in [1.82, 2.24) is 4.57 Å². The molecule has 0 bridgehead atoms. The van der Waals surface area contributed by atoms with Crippen LogP contribution in [-0.2, 0) is 10.3 Å². The molecule has 2 rings (SSSR count). The minimum atomic E-state index is -1.20. The summed E-state index contributed by atoms with van der Waals surface area (Å²) in [7, 11) is 0. The van der Waals surface area contributed by atoms with Gasteiger partial charge in [-0.2, -0.15) is 0 Å². The van der Waals surface area contributed by atoms with Crippen molar-refractivity contribution in [3.63, 3.8) is 0 Å². The first-order valence-electron chi connectivity index (χ1n) is 7.77. The summed E-state index contributed by atoms with van der Waals surface area (Å²) in [5.74, 6) is -0.577. The zero-order valence-corrected chi connectivity index (χ0v) is 13.6. The molecule has 4 nitrogen and oxygen atoms in total. The number of benzene rings is 1. The Labute approximate surface area is 130 Å². The molecule has 0 aliphatic rings. The van der Waals surface area contributed by atoms with Crippen LogP contribution in [0.4, 0.5) is 0 Å². The second kappa shape index (κ2) is 5.95. The Hall–Kier alpha value is -2.10. The van der Waals surface area contributed by atoms with Crippen molar-refractivity contribution in [3.8, 4) is 0 Å². The largest absolute Gasteiger partial charge is 0.479 e. The van der Waals surface area contributed by atoms with E-state index in [0.29, 0.717) is 24.3 Å². The third-order valence-electron chi connectivity index (χ3n) is 4.58. The molecule has 0 saturated heterocycles. The second-order valence-corrected chi connectivity index (χ2v) is 6.02. The molecule has 0 amide bonds. The Bertz CT molecular complexity index is 755. The van der Waals surface area contributed by atoms with Crippen molar-refractivity contribution in [3.05, 3.63) is 46.2 Å². The van der Waals surface area contributed by atoms with Gasteiger partial charge in [-0.15, -0.1) is 0 Å². The summed E-state index contributed by atoms with van der Waals surface area (Å²) in [6, 6.07) is 9.12. The number of carboxylic acid groups (broad SMARTS) is 1. The highest BCUT2D eigenvalue weighted by Crippen LogP contribution is 2.29. The summed E-state index contributed by atoms with van der Waals surface area (Å²) >= 11 is 0. The van der Waals surface area contributed by atoms with Gasteiger partial charge in [-0.05, 0) is 47.9 Å². The van der Waals surface area contributed by atoms with Gasteiger partial charge in [-0.25, -0.2) is 4.79 Å². The van der Waals surface area contributed by atoms with Gasteiger partial charge in [0.2, 0.25) is 0 Å². The molecule has 2 aromatic rings. The highest BCUT2D eigenvalue weighted by molar-refractivity contribution is 5.84. The summed E-state index contributed by atoms with van der Waals surface area (Å²) in [5, 5.41) is 10.6. The number of rotatable bonds is 5. The van der Waals surface area contributed by atoms with E-state index in [2.05, 4.69) is 13.8 Å². The van der Waals surface area contributed by atoms with Crippen LogP contribution in [0.1, 0.15) is 52.0 Å². The summed E-state index contributed by atoms with van der Waals surface area (Å²) < 4.78 is 1.45. The number of hydrogen-bond donors (Lipinski definition) is 1. The van der Waals surface area contributed by atoms with Crippen molar-refractivity contribution in [2.45, 2.75) is 52.0 Å². The maximum absolute atomic E-state index is 12.4. The van der Waals surface area contributed by atoms with Crippen LogP contribution in [0, 0.1) is 0 Å². The smallest absolute Gasteiger partial charge is 0.329 e. The monoisotopic (exact) mass is 301 g/mol. The van der Waals surface area contributed by atoms with Crippen molar-refractivity contribution in [2.75, 3.05) is 0 Å². The van der Waals surface area contributed by atoms with Crippen LogP contribution in [0.25, 0.3) is 10.9 Å². The Morgan fingerprint density at radius 1 is 1.18 bits per heavy atom. The Balaban J connectivity index is 2.85. The maximum atomic E-state index is 12.4. The van der Waals surface area contributed by atoms with E-state index in [1.165, 1.54) is 16.2 Å². The number of carbonyl (C=O) groups is 1. The molecule has 1 heterocycles. The minimum absolute atomic E-state index is 0.268. The minimum Gasteiger partial charge on any atom is -0.479 e. The third-order valence-corrected chi connectivity index (χ3v) is 4.58. The molecule has 0 saturated carbocycles. The summed E-state index contributed by atoms with van der Waals surface area (Å²) in [6.07, 6.45) is 0.730. The zero-order valence-electron chi connectivity index (χ0n) is 13.6. The molecule has 0 aliphatic carbocycles. The van der Waals surface area contributed by atoms with Crippen LogP contribution in [0.15, 0.2) is 35.1 Å². The van der Waals surface area contributed by atoms with Gasteiger partial charge >= 0.3 is 5.97 Å². The molecule has 0 spiro atoms. The maximum Gasteiger partial charge on any atom is 0.329 e. The third kappa shape index (κ3) is 2.43. The number of pyridine rings is 1. The van der Waals surface area contributed by atoms with Crippen LogP contribution in [-0.4, -0.2) is 15.6 Å². The van der Waals surface area contributed by atoms with Gasteiger partial charge in [0.1, 0.15) is 5.54 Å². The zero-order chi connectivity index (χ0) is 16.5. The Morgan fingerprint density at radius 2 is 1.82 bits per heavy atom. The highest BCUT2D eigenvalue weighted by Gasteiger charge is 2.38. The van der Waals surface area contributed by atoms with Crippen LogP contribution in [0.5, 0.6) is 0 Å². The predicted octanol–water partition coefficient (Wildman–Crippen LogP) is 3.72. The lowest BCUT2D eigenvalue weighted by molar-refractivity contribution is -0.148. The van der Waals surface area contributed by atoms with Crippen LogP contribution in [0.2, 0.25) is 0 Å². The quantitative estimate of drug-likeness (QED) is 0.915. The van der Waals surface area contributed by atoms with Gasteiger partial charge in [0.05, 0.1) is 5.52 Å². The average Bonchev–Trinajstić information content (AvgIpc) is 2.49. The summed E-state index contributed by atoms with van der Waals surface area (Å²) in [4.78, 5) is 24.3. The number of aliphatic carboxylic acids is 1. The molecule has 0 radical (unpaired) electrons. The number of aromatic nitrogens is 1. The molecule has 118 valence electrons. The standard InChI is InChI=1S/C18H23NO3/c1-5-18(6-2,17(21)22)19-15-9-7-13(12(3)4)11-14(15)8-10-16(19)20/h7-12H,5-6H2,1-4H3,(H,21,22). The lowest BCUT2D eigenvalue weighted by Gasteiger charge is -2.31. The fourth-order valence-corrected chi connectivity index (χ4v) is 3.03. The van der Waals surface area contributed by atoms with E-state index in [1.807, 2.05) is 32.0 Å². The van der Waals surface area contributed by atoms with Crippen molar-refractivity contribution >= 4 is 16.9 Å². The van der Waals surface area contributed by atoms with E-state index in [1.54, 1.807) is 6.07 Å². The van der Waals surface area contributed by atoms with Gasteiger partial charge in [0, 0.05) is 6.07 Å². The second-order valence-electron chi connectivity index (χ2n) is 6.02. The number of nitrogens with zero attached hydrogens (tertiary/aromatic N) is 1. The first kappa shape index (κ1) is 16.3. The van der Waals surface area contributed by atoms with E-state index in [9.17, 15) is 14.7 Å². The van der Waals surface area contributed by atoms with Gasteiger partial charge in [0.15, 0.2) is 0 Å². The van der Waals surface area contributed by atoms with Gasteiger partial charge in [0.25, 0.3) is 5.56 Å². The topological polar surface area (TPSA) is 59.3 Å². The molecule has 4 heteroatoms. The van der Waals surface area contributed by atoms with E-state index < -0.39 is 11.5 Å². The number of carboxylic acids is 1. The molecule has 0 aliphatic heterocycles. The molecule has 0 fully saturated rings. The molecular weight excluding hydrogens is 278 g/mol. The summed E-state index contributed by atoms with van der Waals surface area (Å²) in [5.41, 5.74) is 0.390. The molecule has 0 unspecified atom stereocenters. The van der Waals surface area contributed by atoms with Crippen LogP contribution in [0.3, 0.4) is 0 Å². The number of hydrogen-bond acceptors (Lipinski definition) is 2. The first-order chi connectivity index (χ1) is 10.4. The van der Waals surface area contributed by atoms with Crippen LogP contribution < -0.4 is 5.56 Å². The highest BCUT2D eigenvalue weighted by atomic mass is 16.4. The normalized spacial score (nSPS) is 12.0.